The van der Waals surface area contributed by atoms with E-state index in [1.54, 1.807) is 0 Å². The molecular weight excluding hydrogens is 329 g/mol. The second-order valence-corrected chi connectivity index (χ2v) is 7.43. The smallest absolute Gasteiger partial charge is 0.191 e. The zero-order valence-electron chi connectivity index (χ0n) is 14.5. The van der Waals surface area contributed by atoms with Gasteiger partial charge in [-0.05, 0) is 57.4 Å². The summed E-state index contributed by atoms with van der Waals surface area (Å²) in [5, 5.41) is 0. The van der Waals surface area contributed by atoms with Gasteiger partial charge in [-0.3, -0.25) is 0 Å². The predicted molar refractivity (Wildman–Crippen MR) is 91.0 cm³/mol. The number of nitrogens with two attached hydrogens (primary N) is 1. The van der Waals surface area contributed by atoms with Crippen LogP contribution in [0.1, 0.15) is 44.9 Å². The van der Waals surface area contributed by atoms with Gasteiger partial charge in [0.25, 0.3) is 0 Å². The zero-order valence-corrected chi connectivity index (χ0v) is 14.5. The van der Waals surface area contributed by atoms with Gasteiger partial charge in [0.1, 0.15) is 11.9 Å². The van der Waals surface area contributed by atoms with E-state index in [4.69, 9.17) is 10.5 Å². The maximum Gasteiger partial charge on any atom is 0.191 e. The van der Waals surface area contributed by atoms with Gasteiger partial charge < -0.3 is 15.4 Å². The molecule has 0 radical (unpaired) electrons. The van der Waals surface area contributed by atoms with E-state index < -0.39 is 23.2 Å². The summed E-state index contributed by atoms with van der Waals surface area (Å²) in [7, 11) is 0. The summed E-state index contributed by atoms with van der Waals surface area (Å²) in [6, 6.07) is 1.70. The summed E-state index contributed by atoms with van der Waals surface area (Å²) < 4.78 is 45.8. The highest BCUT2D eigenvalue weighted by atomic mass is 19.1. The topological polar surface area (TPSA) is 38.5 Å². The fourth-order valence-electron chi connectivity index (χ4n) is 3.90. The molecule has 3 nitrogen and oxygen atoms in total. The molecule has 2 aliphatic rings. The fourth-order valence-corrected chi connectivity index (χ4v) is 3.90. The minimum atomic E-state index is -0.976. The summed E-state index contributed by atoms with van der Waals surface area (Å²) in [6.07, 6.45) is 7.15. The molecule has 1 saturated heterocycles. The van der Waals surface area contributed by atoms with Gasteiger partial charge in [-0.2, -0.15) is 0 Å². The molecule has 1 aromatic carbocycles. The van der Waals surface area contributed by atoms with Crippen LogP contribution >= 0.6 is 0 Å². The lowest BCUT2D eigenvalue weighted by atomic mass is 9.84. The zero-order chi connectivity index (χ0) is 17.8. The summed E-state index contributed by atoms with van der Waals surface area (Å²) in [5.74, 6) is -2.57. The number of rotatable bonds is 5. The largest absolute Gasteiger partial charge is 0.484 e. The third-order valence-corrected chi connectivity index (χ3v) is 5.53. The van der Waals surface area contributed by atoms with Gasteiger partial charge >= 0.3 is 0 Å². The van der Waals surface area contributed by atoms with Crippen molar-refractivity contribution in [1.29, 1.82) is 0 Å². The molecule has 0 atom stereocenters. The molecule has 1 aliphatic carbocycles. The number of likely N-dealkylation sites (tertiary alicyclic amines) is 1. The number of ether oxygens (including phenoxy) is 1. The molecule has 25 heavy (non-hydrogen) atoms. The number of piperidine rings is 1. The second-order valence-electron chi connectivity index (χ2n) is 7.43. The Bertz CT molecular complexity index is 545. The molecule has 0 unspecified atom stereocenters. The predicted octanol–water partition coefficient (Wildman–Crippen LogP) is 3.85. The van der Waals surface area contributed by atoms with Gasteiger partial charge in [0.05, 0.1) is 0 Å². The molecule has 0 amide bonds. The Hall–Kier alpha value is -1.27. The molecule has 1 saturated carbocycles. The average Bonchev–Trinajstić information content (AvgIpc) is 2.59. The molecule has 140 valence electrons. The minimum absolute atomic E-state index is 0.224. The molecule has 1 heterocycles. The maximum absolute atomic E-state index is 13.7. The Morgan fingerprint density at radius 2 is 1.56 bits per heavy atom. The fraction of sp³-hybridized carbons (Fsp3) is 0.684. The molecule has 0 aromatic heterocycles. The van der Waals surface area contributed by atoms with Crippen molar-refractivity contribution in [2.45, 2.75) is 57.1 Å². The van der Waals surface area contributed by atoms with Gasteiger partial charge in [0.2, 0.25) is 0 Å². The van der Waals surface area contributed by atoms with E-state index in [0.29, 0.717) is 18.2 Å². The van der Waals surface area contributed by atoms with Crippen molar-refractivity contribution in [3.05, 3.63) is 29.6 Å². The van der Waals surface area contributed by atoms with E-state index in [2.05, 4.69) is 4.90 Å². The first-order valence-corrected chi connectivity index (χ1v) is 9.30. The van der Waals surface area contributed by atoms with Crippen LogP contribution in [0.15, 0.2) is 12.1 Å². The molecule has 3 rings (SSSR count). The van der Waals surface area contributed by atoms with Crippen molar-refractivity contribution in [1.82, 2.24) is 4.90 Å². The van der Waals surface area contributed by atoms with Crippen molar-refractivity contribution < 1.29 is 17.9 Å². The highest BCUT2D eigenvalue weighted by molar-refractivity contribution is 5.27. The van der Waals surface area contributed by atoms with Gasteiger partial charge in [0, 0.05) is 31.3 Å². The van der Waals surface area contributed by atoms with Crippen LogP contribution in [0.2, 0.25) is 0 Å². The summed E-state index contributed by atoms with van der Waals surface area (Å²) in [5.41, 5.74) is 5.95. The van der Waals surface area contributed by atoms with E-state index in [9.17, 15) is 13.2 Å². The Balaban J connectivity index is 1.42. The van der Waals surface area contributed by atoms with E-state index in [1.165, 1.54) is 19.3 Å². The van der Waals surface area contributed by atoms with Crippen LogP contribution in [0, 0.1) is 23.4 Å². The molecule has 1 aromatic rings. The van der Waals surface area contributed by atoms with Crippen molar-refractivity contribution in [2.75, 3.05) is 19.6 Å². The monoisotopic (exact) mass is 356 g/mol. The molecular formula is C19H27F3N2O. The maximum atomic E-state index is 13.7. The second kappa shape index (κ2) is 8.41. The molecule has 0 spiro atoms. The van der Waals surface area contributed by atoms with E-state index in [-0.39, 0.29) is 6.10 Å². The average molecular weight is 356 g/mol. The Morgan fingerprint density at radius 1 is 0.960 bits per heavy atom. The van der Waals surface area contributed by atoms with Gasteiger partial charge in [-0.15, -0.1) is 0 Å². The standard InChI is InChI=1S/C19H27F3N2O/c20-14-11-17(21)19(18(22)12-14)25-16-6-9-24(10-7-16)8-5-13-1-3-15(23)4-2-13/h11-13,15-16H,1-10,23H2/t13-,15-. The van der Waals surface area contributed by atoms with Crippen LogP contribution in [0.5, 0.6) is 5.75 Å². The lowest BCUT2D eigenvalue weighted by Crippen LogP contribution is -2.39. The van der Waals surface area contributed by atoms with Gasteiger partial charge in [-0.25, -0.2) is 13.2 Å². The first-order chi connectivity index (χ1) is 12.0. The first kappa shape index (κ1) is 18.5. The lowest BCUT2D eigenvalue weighted by Gasteiger charge is -2.34. The van der Waals surface area contributed by atoms with Crippen LogP contribution in [0.25, 0.3) is 0 Å². The van der Waals surface area contributed by atoms with E-state index in [0.717, 1.165) is 51.2 Å². The molecule has 0 bridgehead atoms. The van der Waals surface area contributed by atoms with Crippen molar-refractivity contribution in [2.24, 2.45) is 11.7 Å². The van der Waals surface area contributed by atoms with Crippen LogP contribution in [-0.4, -0.2) is 36.7 Å². The number of halogens is 3. The number of benzene rings is 1. The van der Waals surface area contributed by atoms with Crippen LogP contribution in [0.4, 0.5) is 13.2 Å². The summed E-state index contributed by atoms with van der Waals surface area (Å²) in [6.45, 7) is 2.79. The van der Waals surface area contributed by atoms with Gasteiger partial charge in [-0.1, -0.05) is 0 Å². The van der Waals surface area contributed by atoms with Crippen molar-refractivity contribution in [3.8, 4) is 5.75 Å². The van der Waals surface area contributed by atoms with Crippen molar-refractivity contribution in [3.63, 3.8) is 0 Å². The summed E-state index contributed by atoms with van der Waals surface area (Å²) >= 11 is 0. The van der Waals surface area contributed by atoms with Crippen LogP contribution in [0.3, 0.4) is 0 Å². The summed E-state index contributed by atoms with van der Waals surface area (Å²) in [4.78, 5) is 2.39. The highest BCUT2D eigenvalue weighted by Crippen LogP contribution is 2.28. The minimum Gasteiger partial charge on any atom is -0.484 e. The number of hydrogen-bond acceptors (Lipinski definition) is 3. The number of nitrogens with zero attached hydrogens (tertiary/aromatic N) is 1. The Morgan fingerprint density at radius 3 is 2.16 bits per heavy atom. The molecule has 6 heteroatoms. The molecule has 1 aliphatic heterocycles. The quantitative estimate of drug-likeness (QED) is 0.871. The van der Waals surface area contributed by atoms with Crippen LogP contribution < -0.4 is 10.5 Å². The Kier molecular flexibility index (Phi) is 6.23. The third kappa shape index (κ3) is 5.11. The highest BCUT2D eigenvalue weighted by Gasteiger charge is 2.25. The SMILES string of the molecule is N[C@H]1CC[C@H](CCN2CCC(Oc3c(F)cc(F)cc3F)CC2)CC1. The lowest BCUT2D eigenvalue weighted by molar-refractivity contribution is 0.0886. The molecule has 2 N–H and O–H groups in total. The van der Waals surface area contributed by atoms with E-state index >= 15 is 0 Å². The Labute approximate surface area is 147 Å². The van der Waals surface area contributed by atoms with Crippen LogP contribution in [-0.2, 0) is 0 Å². The third-order valence-electron chi connectivity index (χ3n) is 5.53. The number of hydrogen-bond donors (Lipinski definition) is 1. The normalized spacial score (nSPS) is 25.9. The van der Waals surface area contributed by atoms with E-state index in [1.807, 2.05) is 0 Å². The van der Waals surface area contributed by atoms with Crippen molar-refractivity contribution >= 4 is 0 Å². The molecule has 2 fully saturated rings. The first-order valence-electron chi connectivity index (χ1n) is 9.30. The van der Waals surface area contributed by atoms with Gasteiger partial charge in [0.15, 0.2) is 17.4 Å².